The first-order chi connectivity index (χ1) is 25.8. The van der Waals surface area contributed by atoms with Crippen molar-refractivity contribution in [1.82, 2.24) is 0 Å². The van der Waals surface area contributed by atoms with E-state index in [4.69, 9.17) is 0 Å². The predicted octanol–water partition coefficient (Wildman–Crippen LogP) is 14.3. The highest BCUT2D eigenvalue weighted by Crippen LogP contribution is 2.43. The standard InChI is InChI=1S/C50H36N2/c1-3-18-42(19-4-1)51(43-20-5-2-6-21-43)44-32-27-37(28-33-44)26-29-40-31-35-50(48-24-12-11-22-46(40)48)52(45-34-30-38-14-7-8-16-41(38)36-45)49-25-13-17-39-15-9-10-23-47(39)49/h1-36H/b29-26+. The lowest BCUT2D eigenvalue weighted by Gasteiger charge is -2.28. The molecule has 0 saturated heterocycles. The van der Waals surface area contributed by atoms with Gasteiger partial charge in [0.05, 0.1) is 11.4 Å². The summed E-state index contributed by atoms with van der Waals surface area (Å²) in [5.74, 6) is 0. The van der Waals surface area contributed by atoms with E-state index in [0.29, 0.717) is 0 Å². The second kappa shape index (κ2) is 13.8. The lowest BCUT2D eigenvalue weighted by atomic mass is 9.99. The number of rotatable bonds is 8. The Morgan fingerprint density at radius 1 is 0.288 bits per heavy atom. The first-order valence-corrected chi connectivity index (χ1v) is 17.8. The molecule has 0 spiro atoms. The molecule has 9 aromatic rings. The molecule has 9 rings (SSSR count). The van der Waals surface area contributed by atoms with Gasteiger partial charge in [-0.1, -0.05) is 158 Å². The smallest absolute Gasteiger partial charge is 0.0540 e. The van der Waals surface area contributed by atoms with Crippen LogP contribution in [0.1, 0.15) is 11.1 Å². The SMILES string of the molecule is C(=C\c1ccc(N(c2ccc3ccccc3c2)c2cccc3ccccc23)c2ccccc12)/c1ccc(N(c2ccccc2)c2ccccc2)cc1. The van der Waals surface area contributed by atoms with E-state index in [2.05, 4.69) is 228 Å². The van der Waals surface area contributed by atoms with Gasteiger partial charge in [0.2, 0.25) is 0 Å². The van der Waals surface area contributed by atoms with Gasteiger partial charge in [-0.05, 0) is 93.3 Å². The molecule has 52 heavy (non-hydrogen) atoms. The first-order valence-electron chi connectivity index (χ1n) is 17.8. The number of para-hydroxylation sites is 2. The number of hydrogen-bond donors (Lipinski definition) is 0. The molecule has 0 saturated carbocycles. The second-order valence-corrected chi connectivity index (χ2v) is 13.0. The topological polar surface area (TPSA) is 6.48 Å². The lowest BCUT2D eigenvalue weighted by molar-refractivity contribution is 1.28. The van der Waals surface area contributed by atoms with Crippen LogP contribution in [0.5, 0.6) is 0 Å². The zero-order valence-electron chi connectivity index (χ0n) is 28.7. The quantitative estimate of drug-likeness (QED) is 0.149. The second-order valence-electron chi connectivity index (χ2n) is 13.0. The van der Waals surface area contributed by atoms with E-state index < -0.39 is 0 Å². The van der Waals surface area contributed by atoms with Crippen molar-refractivity contribution in [2.75, 3.05) is 9.80 Å². The van der Waals surface area contributed by atoms with E-state index in [1.165, 1.54) is 37.9 Å². The first kappa shape index (κ1) is 31.1. The van der Waals surface area contributed by atoms with Gasteiger partial charge >= 0.3 is 0 Å². The van der Waals surface area contributed by atoms with Crippen molar-refractivity contribution < 1.29 is 0 Å². The van der Waals surface area contributed by atoms with E-state index >= 15 is 0 Å². The van der Waals surface area contributed by atoms with Crippen LogP contribution >= 0.6 is 0 Å². The average Bonchev–Trinajstić information content (AvgIpc) is 3.22. The van der Waals surface area contributed by atoms with Crippen molar-refractivity contribution in [2.24, 2.45) is 0 Å². The maximum absolute atomic E-state index is 2.43. The van der Waals surface area contributed by atoms with E-state index in [-0.39, 0.29) is 0 Å². The third-order valence-corrected chi connectivity index (χ3v) is 9.81. The van der Waals surface area contributed by atoms with Gasteiger partial charge in [-0.25, -0.2) is 0 Å². The summed E-state index contributed by atoms with van der Waals surface area (Å²) >= 11 is 0. The Kier molecular flexibility index (Phi) is 8.24. The number of nitrogens with zero attached hydrogens (tertiary/aromatic N) is 2. The Balaban J connectivity index is 1.11. The van der Waals surface area contributed by atoms with Crippen molar-refractivity contribution in [1.29, 1.82) is 0 Å². The fourth-order valence-corrected chi connectivity index (χ4v) is 7.30. The van der Waals surface area contributed by atoms with Crippen LogP contribution in [-0.2, 0) is 0 Å². The predicted molar refractivity (Wildman–Crippen MR) is 224 cm³/mol. The molecule has 0 amide bonds. The van der Waals surface area contributed by atoms with Gasteiger partial charge < -0.3 is 9.80 Å². The maximum atomic E-state index is 2.43. The van der Waals surface area contributed by atoms with E-state index in [0.717, 1.165) is 39.7 Å². The number of benzene rings is 9. The third-order valence-electron chi connectivity index (χ3n) is 9.81. The van der Waals surface area contributed by atoms with Crippen LogP contribution < -0.4 is 9.80 Å². The van der Waals surface area contributed by atoms with Crippen LogP contribution in [0.3, 0.4) is 0 Å². The molecule has 0 aliphatic carbocycles. The fraction of sp³-hybridized carbons (Fsp3) is 0. The largest absolute Gasteiger partial charge is 0.311 e. The van der Waals surface area contributed by atoms with Crippen LogP contribution in [0, 0.1) is 0 Å². The molecule has 2 heteroatoms. The highest BCUT2D eigenvalue weighted by molar-refractivity contribution is 6.07. The molecule has 246 valence electrons. The molecule has 0 atom stereocenters. The van der Waals surface area contributed by atoms with Crippen molar-refractivity contribution >= 4 is 78.6 Å². The van der Waals surface area contributed by atoms with Gasteiger partial charge in [0, 0.05) is 33.5 Å². The molecule has 0 radical (unpaired) electrons. The molecule has 0 aliphatic rings. The summed E-state index contributed by atoms with van der Waals surface area (Å²) < 4.78 is 0. The van der Waals surface area contributed by atoms with Gasteiger partial charge in [-0.2, -0.15) is 0 Å². The molecule has 0 heterocycles. The minimum absolute atomic E-state index is 1.12. The molecular formula is C50H36N2. The molecule has 0 aliphatic heterocycles. The van der Waals surface area contributed by atoms with Crippen LogP contribution in [-0.4, -0.2) is 0 Å². The van der Waals surface area contributed by atoms with E-state index in [9.17, 15) is 0 Å². The molecule has 0 aromatic heterocycles. The van der Waals surface area contributed by atoms with Gasteiger partial charge in [0.15, 0.2) is 0 Å². The average molecular weight is 665 g/mol. The molecule has 2 nitrogen and oxygen atoms in total. The highest BCUT2D eigenvalue weighted by Gasteiger charge is 2.19. The molecule has 0 fully saturated rings. The monoisotopic (exact) mass is 664 g/mol. The lowest BCUT2D eigenvalue weighted by Crippen LogP contribution is -2.11. The van der Waals surface area contributed by atoms with Gasteiger partial charge in [-0.3, -0.25) is 0 Å². The Labute approximate surface area is 304 Å². The van der Waals surface area contributed by atoms with Gasteiger partial charge in [-0.15, -0.1) is 0 Å². The van der Waals surface area contributed by atoms with Gasteiger partial charge in [0.25, 0.3) is 0 Å². The Morgan fingerprint density at radius 3 is 1.56 bits per heavy atom. The Hall–Kier alpha value is -6.90. The fourth-order valence-electron chi connectivity index (χ4n) is 7.30. The maximum Gasteiger partial charge on any atom is 0.0540 e. The summed E-state index contributed by atoms with van der Waals surface area (Å²) in [6.45, 7) is 0. The summed E-state index contributed by atoms with van der Waals surface area (Å²) in [6.07, 6.45) is 4.46. The zero-order valence-corrected chi connectivity index (χ0v) is 28.7. The van der Waals surface area contributed by atoms with E-state index in [1.807, 2.05) is 0 Å². The van der Waals surface area contributed by atoms with Crippen molar-refractivity contribution in [3.8, 4) is 0 Å². The molecule has 9 aromatic carbocycles. The van der Waals surface area contributed by atoms with Crippen LogP contribution in [0.25, 0.3) is 44.5 Å². The van der Waals surface area contributed by atoms with Crippen molar-refractivity contribution in [3.05, 3.63) is 217 Å². The van der Waals surface area contributed by atoms with Gasteiger partial charge in [0.1, 0.15) is 0 Å². The normalized spacial score (nSPS) is 11.4. The minimum atomic E-state index is 1.12. The van der Waals surface area contributed by atoms with Crippen molar-refractivity contribution in [3.63, 3.8) is 0 Å². The van der Waals surface area contributed by atoms with Crippen LogP contribution in [0.2, 0.25) is 0 Å². The molecular weight excluding hydrogens is 629 g/mol. The molecule has 0 bridgehead atoms. The number of fused-ring (bicyclic) bond motifs is 3. The highest BCUT2D eigenvalue weighted by atomic mass is 15.1. The summed E-state index contributed by atoms with van der Waals surface area (Å²) in [4.78, 5) is 4.71. The molecule has 0 N–H and O–H groups in total. The third kappa shape index (κ3) is 5.97. The van der Waals surface area contributed by atoms with E-state index in [1.54, 1.807) is 0 Å². The summed E-state index contributed by atoms with van der Waals surface area (Å²) in [6, 6.07) is 73.8. The summed E-state index contributed by atoms with van der Waals surface area (Å²) in [5.41, 5.74) is 9.12. The number of hydrogen-bond acceptors (Lipinski definition) is 2. The Bertz CT molecular complexity index is 2630. The van der Waals surface area contributed by atoms with Crippen molar-refractivity contribution in [2.45, 2.75) is 0 Å². The summed E-state index contributed by atoms with van der Waals surface area (Å²) in [7, 11) is 0. The van der Waals surface area contributed by atoms with Crippen LogP contribution in [0.4, 0.5) is 34.1 Å². The Morgan fingerprint density at radius 2 is 0.827 bits per heavy atom. The number of anilines is 6. The summed E-state index contributed by atoms with van der Waals surface area (Å²) in [5, 5.41) is 7.29. The van der Waals surface area contributed by atoms with Crippen LogP contribution in [0.15, 0.2) is 206 Å². The zero-order chi connectivity index (χ0) is 34.7. The minimum Gasteiger partial charge on any atom is -0.311 e. The molecule has 0 unspecified atom stereocenters.